The first-order valence-electron chi connectivity index (χ1n) is 6.23. The molecular weight excluding hydrogens is 242 g/mol. The molecule has 1 atom stereocenters. The summed E-state index contributed by atoms with van der Waals surface area (Å²) in [6, 6.07) is 8.12. The molecule has 1 aliphatic carbocycles. The number of benzene rings is 1. The van der Waals surface area contributed by atoms with Crippen LogP contribution < -0.4 is 10.2 Å². The summed E-state index contributed by atoms with van der Waals surface area (Å²) in [6.07, 6.45) is 1.93. The molecule has 96 valence electrons. The maximum absolute atomic E-state index is 12.5. The van der Waals surface area contributed by atoms with Crippen LogP contribution >= 0.6 is 0 Å². The van der Waals surface area contributed by atoms with Crippen molar-refractivity contribution in [3.63, 3.8) is 0 Å². The van der Waals surface area contributed by atoms with Crippen molar-refractivity contribution < 1.29 is 9.59 Å². The Bertz CT molecular complexity index is 615. The summed E-state index contributed by atoms with van der Waals surface area (Å²) in [5.74, 6) is 0.00295. The van der Waals surface area contributed by atoms with Gasteiger partial charge in [0.1, 0.15) is 5.54 Å². The molecule has 0 spiro atoms. The molecule has 1 saturated carbocycles. The van der Waals surface area contributed by atoms with Gasteiger partial charge in [-0.05, 0) is 43.9 Å². The normalized spacial score (nSPS) is 26.2. The summed E-state index contributed by atoms with van der Waals surface area (Å²) in [4.78, 5) is 25.7. The quantitative estimate of drug-likeness (QED) is 0.819. The van der Waals surface area contributed by atoms with Crippen LogP contribution in [0.15, 0.2) is 24.3 Å². The number of anilines is 1. The average Bonchev–Trinajstić information content (AvgIpc) is 3.20. The van der Waals surface area contributed by atoms with Crippen molar-refractivity contribution >= 4 is 17.6 Å². The van der Waals surface area contributed by atoms with Gasteiger partial charge in [-0.2, -0.15) is 5.26 Å². The summed E-state index contributed by atoms with van der Waals surface area (Å²) in [5.41, 5.74) is 0.0868. The Morgan fingerprint density at radius 2 is 2.16 bits per heavy atom. The number of nitrogens with zero attached hydrogens (tertiary/aromatic N) is 2. The van der Waals surface area contributed by atoms with Crippen molar-refractivity contribution in [2.45, 2.75) is 25.3 Å². The van der Waals surface area contributed by atoms with E-state index in [0.29, 0.717) is 11.3 Å². The lowest BCUT2D eigenvalue weighted by Gasteiger charge is -2.20. The molecule has 1 aliphatic heterocycles. The molecule has 3 rings (SSSR count). The second kappa shape index (κ2) is 3.82. The highest BCUT2D eigenvalue weighted by atomic mass is 16.2. The Kier molecular flexibility index (Phi) is 2.36. The van der Waals surface area contributed by atoms with Gasteiger partial charge in [-0.25, -0.2) is 9.69 Å². The van der Waals surface area contributed by atoms with E-state index < -0.39 is 11.6 Å². The third-order valence-corrected chi connectivity index (χ3v) is 3.84. The van der Waals surface area contributed by atoms with E-state index in [9.17, 15) is 9.59 Å². The Balaban J connectivity index is 1.99. The third-order valence-electron chi connectivity index (χ3n) is 3.84. The monoisotopic (exact) mass is 255 g/mol. The summed E-state index contributed by atoms with van der Waals surface area (Å²) in [6.45, 7) is 1.78. The fraction of sp³-hybridized carbons (Fsp3) is 0.357. The highest BCUT2D eigenvalue weighted by Crippen LogP contribution is 2.43. The number of amides is 3. The smallest absolute Gasteiger partial charge is 0.323 e. The van der Waals surface area contributed by atoms with Gasteiger partial charge in [0.05, 0.1) is 17.3 Å². The topological polar surface area (TPSA) is 73.2 Å². The number of urea groups is 1. The van der Waals surface area contributed by atoms with E-state index >= 15 is 0 Å². The van der Waals surface area contributed by atoms with E-state index in [0.717, 1.165) is 17.7 Å². The van der Waals surface area contributed by atoms with Crippen LogP contribution in [0.25, 0.3) is 0 Å². The van der Waals surface area contributed by atoms with Gasteiger partial charge in [0.2, 0.25) is 0 Å². The summed E-state index contributed by atoms with van der Waals surface area (Å²) >= 11 is 0. The Morgan fingerprint density at radius 1 is 1.42 bits per heavy atom. The molecule has 2 aliphatic rings. The van der Waals surface area contributed by atoms with Gasteiger partial charge < -0.3 is 5.32 Å². The van der Waals surface area contributed by atoms with Gasteiger partial charge in [0, 0.05) is 0 Å². The van der Waals surface area contributed by atoms with Crippen molar-refractivity contribution in [3.8, 4) is 6.07 Å². The van der Waals surface area contributed by atoms with Gasteiger partial charge in [-0.15, -0.1) is 0 Å². The minimum absolute atomic E-state index is 0.227. The van der Waals surface area contributed by atoms with E-state index in [2.05, 4.69) is 5.32 Å². The van der Waals surface area contributed by atoms with E-state index in [-0.39, 0.29) is 11.8 Å². The maximum Gasteiger partial charge on any atom is 0.329 e. The van der Waals surface area contributed by atoms with Gasteiger partial charge >= 0.3 is 6.03 Å². The Morgan fingerprint density at radius 3 is 2.79 bits per heavy atom. The standard InChI is InChI=1S/C14H13N3O2/c1-14(10-5-6-10)12(18)17(13(19)16-14)11-4-2-3-9(7-11)8-15/h2-4,7,10H,5-6H2,1H3,(H,16,19)/t14-/m1/s1. The van der Waals surface area contributed by atoms with E-state index in [4.69, 9.17) is 5.26 Å². The molecule has 5 heteroatoms. The third kappa shape index (κ3) is 1.68. The van der Waals surface area contributed by atoms with Gasteiger partial charge in [-0.1, -0.05) is 6.07 Å². The molecular formula is C14H13N3O2. The van der Waals surface area contributed by atoms with Gasteiger partial charge in [-0.3, -0.25) is 4.79 Å². The zero-order valence-corrected chi connectivity index (χ0v) is 10.5. The number of nitrogens with one attached hydrogen (secondary N) is 1. The molecule has 2 fully saturated rings. The first-order valence-corrected chi connectivity index (χ1v) is 6.23. The number of hydrogen-bond acceptors (Lipinski definition) is 3. The second-order valence-electron chi connectivity index (χ2n) is 5.21. The fourth-order valence-corrected chi connectivity index (χ4v) is 2.54. The highest BCUT2D eigenvalue weighted by Gasteiger charge is 2.56. The van der Waals surface area contributed by atoms with E-state index in [1.807, 2.05) is 6.07 Å². The molecule has 1 aromatic rings. The van der Waals surface area contributed by atoms with Crippen LogP contribution in [0.1, 0.15) is 25.3 Å². The van der Waals surface area contributed by atoms with E-state index in [1.54, 1.807) is 31.2 Å². The number of hydrogen-bond donors (Lipinski definition) is 1. The SMILES string of the molecule is C[C@]1(C2CC2)NC(=O)N(c2cccc(C#N)c2)C1=O. The zero-order chi connectivity index (χ0) is 13.6. The zero-order valence-electron chi connectivity index (χ0n) is 10.5. The molecule has 0 unspecified atom stereocenters. The molecule has 0 aromatic heterocycles. The van der Waals surface area contributed by atoms with Crippen molar-refractivity contribution in [2.75, 3.05) is 4.90 Å². The number of imide groups is 1. The molecule has 1 saturated heterocycles. The first kappa shape index (κ1) is 11.7. The van der Waals surface area contributed by atoms with Crippen molar-refractivity contribution in [1.82, 2.24) is 5.32 Å². The molecule has 1 aromatic carbocycles. The summed E-state index contributed by atoms with van der Waals surface area (Å²) in [7, 11) is 0. The molecule has 19 heavy (non-hydrogen) atoms. The minimum Gasteiger partial charge on any atom is -0.323 e. The lowest BCUT2D eigenvalue weighted by molar-refractivity contribution is -0.122. The van der Waals surface area contributed by atoms with Crippen LogP contribution in [0.2, 0.25) is 0 Å². The van der Waals surface area contributed by atoms with Crippen molar-refractivity contribution in [2.24, 2.45) is 5.92 Å². The molecule has 1 heterocycles. The Hall–Kier alpha value is -2.35. The van der Waals surface area contributed by atoms with Crippen LogP contribution in [0, 0.1) is 17.2 Å². The van der Waals surface area contributed by atoms with Crippen LogP contribution in [-0.2, 0) is 4.79 Å². The van der Waals surface area contributed by atoms with Gasteiger partial charge in [0.15, 0.2) is 0 Å². The average molecular weight is 255 g/mol. The highest BCUT2D eigenvalue weighted by molar-refractivity contribution is 6.23. The van der Waals surface area contributed by atoms with E-state index in [1.165, 1.54) is 0 Å². The number of nitriles is 1. The Labute approximate surface area is 110 Å². The second-order valence-corrected chi connectivity index (χ2v) is 5.21. The number of carbonyl (C=O) groups is 2. The lowest BCUT2D eigenvalue weighted by atomic mass is 9.96. The molecule has 3 amide bonds. The summed E-state index contributed by atoms with van der Waals surface area (Å²) in [5, 5.41) is 11.7. The lowest BCUT2D eigenvalue weighted by Crippen LogP contribution is -2.46. The van der Waals surface area contributed by atoms with Crippen molar-refractivity contribution in [3.05, 3.63) is 29.8 Å². The molecule has 5 nitrogen and oxygen atoms in total. The predicted molar refractivity (Wildman–Crippen MR) is 68.3 cm³/mol. The largest absolute Gasteiger partial charge is 0.329 e. The first-order chi connectivity index (χ1) is 9.06. The maximum atomic E-state index is 12.5. The number of carbonyl (C=O) groups excluding carboxylic acids is 2. The van der Waals surface area contributed by atoms with Crippen molar-refractivity contribution in [1.29, 1.82) is 5.26 Å². The van der Waals surface area contributed by atoms with Crippen LogP contribution in [0.3, 0.4) is 0 Å². The van der Waals surface area contributed by atoms with Crippen LogP contribution in [0.5, 0.6) is 0 Å². The number of rotatable bonds is 2. The fourth-order valence-electron chi connectivity index (χ4n) is 2.54. The van der Waals surface area contributed by atoms with Crippen LogP contribution in [0.4, 0.5) is 10.5 Å². The molecule has 1 N–H and O–H groups in total. The summed E-state index contributed by atoms with van der Waals surface area (Å²) < 4.78 is 0. The van der Waals surface area contributed by atoms with Crippen LogP contribution in [-0.4, -0.2) is 17.5 Å². The predicted octanol–water partition coefficient (Wildman–Crippen LogP) is 1.78. The molecule has 0 radical (unpaired) electrons. The minimum atomic E-state index is -0.792. The molecule has 0 bridgehead atoms. The van der Waals surface area contributed by atoms with Gasteiger partial charge in [0.25, 0.3) is 5.91 Å².